The maximum atomic E-state index is 13.0. The fourth-order valence-electron chi connectivity index (χ4n) is 4.59. The van der Waals surface area contributed by atoms with E-state index in [4.69, 9.17) is 0 Å². The Morgan fingerprint density at radius 2 is 1.91 bits per heavy atom. The highest BCUT2D eigenvalue weighted by molar-refractivity contribution is 6.06. The molecule has 9 heteroatoms. The van der Waals surface area contributed by atoms with Crippen LogP contribution >= 0.6 is 0 Å². The Labute approximate surface area is 184 Å². The Morgan fingerprint density at radius 3 is 2.62 bits per heavy atom. The minimum absolute atomic E-state index is 0.148. The second-order valence-electron chi connectivity index (χ2n) is 8.48. The number of amides is 3. The van der Waals surface area contributed by atoms with Crippen LogP contribution in [0.15, 0.2) is 42.5 Å². The lowest BCUT2D eigenvalue weighted by atomic mass is 9.84. The van der Waals surface area contributed by atoms with Crippen LogP contribution in [0.2, 0.25) is 0 Å². The van der Waals surface area contributed by atoms with Gasteiger partial charge in [0.05, 0.1) is 5.52 Å². The minimum Gasteiger partial charge on any atom is -0.346 e. The number of nitrogens with one attached hydrogen (secondary N) is 4. The molecule has 8 nitrogen and oxygen atoms in total. The first-order chi connectivity index (χ1) is 15.5. The lowest BCUT2D eigenvalue weighted by Crippen LogP contribution is -2.57. The van der Waals surface area contributed by atoms with Crippen molar-refractivity contribution < 1.29 is 14.0 Å². The molecule has 4 N–H and O–H groups in total. The van der Waals surface area contributed by atoms with Gasteiger partial charge in [-0.3, -0.25) is 9.89 Å². The van der Waals surface area contributed by atoms with Crippen molar-refractivity contribution in [3.8, 4) is 0 Å². The number of anilines is 1. The smallest absolute Gasteiger partial charge is 0.319 e. The van der Waals surface area contributed by atoms with Crippen molar-refractivity contribution in [2.24, 2.45) is 5.92 Å². The van der Waals surface area contributed by atoms with Gasteiger partial charge in [-0.25, -0.2) is 9.18 Å². The molecule has 2 aromatic carbocycles. The molecular formula is C23H25FN6O2. The molecule has 3 fully saturated rings. The van der Waals surface area contributed by atoms with Crippen molar-refractivity contribution in [2.45, 2.75) is 25.4 Å². The van der Waals surface area contributed by atoms with Crippen LogP contribution < -0.4 is 16.0 Å². The van der Waals surface area contributed by atoms with Gasteiger partial charge in [-0.05, 0) is 67.7 Å². The van der Waals surface area contributed by atoms with Crippen molar-refractivity contribution in [3.63, 3.8) is 0 Å². The van der Waals surface area contributed by atoms with E-state index in [2.05, 4.69) is 31.0 Å². The summed E-state index contributed by atoms with van der Waals surface area (Å²) < 4.78 is 13.0. The summed E-state index contributed by atoms with van der Waals surface area (Å²) in [4.78, 5) is 27.6. The second kappa shape index (κ2) is 8.58. The van der Waals surface area contributed by atoms with Crippen LogP contribution in [0.3, 0.4) is 0 Å². The van der Waals surface area contributed by atoms with E-state index in [1.165, 1.54) is 12.1 Å². The largest absolute Gasteiger partial charge is 0.346 e. The number of aromatic nitrogens is 2. The molecule has 1 aromatic heterocycles. The van der Waals surface area contributed by atoms with Crippen LogP contribution in [-0.2, 0) is 6.54 Å². The molecule has 3 aromatic rings. The van der Waals surface area contributed by atoms with Crippen LogP contribution in [0, 0.1) is 11.7 Å². The molecule has 0 aliphatic carbocycles. The maximum absolute atomic E-state index is 13.0. The number of H-pyrrole nitrogens is 1. The number of hydrogen-bond acceptors (Lipinski definition) is 4. The van der Waals surface area contributed by atoms with Crippen molar-refractivity contribution in [3.05, 3.63) is 59.5 Å². The van der Waals surface area contributed by atoms with Crippen molar-refractivity contribution in [2.75, 3.05) is 25.0 Å². The Balaban J connectivity index is 1.24. The molecule has 32 heavy (non-hydrogen) atoms. The van der Waals surface area contributed by atoms with E-state index >= 15 is 0 Å². The molecule has 0 unspecified atom stereocenters. The lowest BCUT2D eigenvalue weighted by Gasteiger charge is -2.44. The predicted octanol–water partition coefficient (Wildman–Crippen LogP) is 2.85. The molecule has 3 aliphatic heterocycles. The molecule has 4 heterocycles. The number of carbonyl (C=O) groups is 2. The van der Waals surface area contributed by atoms with Gasteiger partial charge in [0, 0.05) is 30.2 Å². The highest BCUT2D eigenvalue weighted by atomic mass is 19.1. The molecule has 2 bridgehead atoms. The number of benzene rings is 2. The first-order valence-corrected chi connectivity index (χ1v) is 10.9. The van der Waals surface area contributed by atoms with E-state index in [0.717, 1.165) is 43.6 Å². The molecule has 3 amide bonds. The number of carbonyl (C=O) groups excluding carboxylic acids is 2. The third kappa shape index (κ3) is 4.29. The van der Waals surface area contributed by atoms with Crippen molar-refractivity contribution in [1.29, 1.82) is 0 Å². The topological polar surface area (TPSA) is 102 Å². The van der Waals surface area contributed by atoms with E-state index < -0.39 is 6.03 Å². The highest BCUT2D eigenvalue weighted by Crippen LogP contribution is 2.28. The van der Waals surface area contributed by atoms with E-state index in [0.29, 0.717) is 22.7 Å². The summed E-state index contributed by atoms with van der Waals surface area (Å²) in [6.45, 7) is 3.38. The summed E-state index contributed by atoms with van der Waals surface area (Å²) in [7, 11) is 0. The number of hydrogen-bond donors (Lipinski definition) is 4. The standard InChI is InChI=1S/C23H25FN6O2/c24-16-3-1-14(2-4-16)12-25-23(32)26-17-5-6-19-18(11-17)21(29-28-19)22(31)27-20-13-30-9-7-15(20)8-10-30/h1-6,11,15,20H,7-10,12-13H2,(H,27,31)(H,28,29)(H2,25,26,32)/t20-/m1/s1. The van der Waals surface area contributed by atoms with E-state index in [-0.39, 0.29) is 24.3 Å². The van der Waals surface area contributed by atoms with Crippen LogP contribution in [-0.4, -0.2) is 52.7 Å². The Hall–Kier alpha value is -3.46. The van der Waals surface area contributed by atoms with Gasteiger partial charge in [0.2, 0.25) is 0 Å². The molecule has 0 radical (unpaired) electrons. The number of urea groups is 1. The summed E-state index contributed by atoms with van der Waals surface area (Å²) in [6.07, 6.45) is 2.24. The first-order valence-electron chi connectivity index (χ1n) is 10.9. The predicted molar refractivity (Wildman–Crippen MR) is 119 cm³/mol. The number of piperidine rings is 3. The zero-order chi connectivity index (χ0) is 22.1. The fourth-order valence-corrected chi connectivity index (χ4v) is 4.59. The van der Waals surface area contributed by atoms with Gasteiger partial charge in [-0.2, -0.15) is 5.10 Å². The third-order valence-electron chi connectivity index (χ3n) is 6.37. The number of halogens is 1. The zero-order valence-corrected chi connectivity index (χ0v) is 17.5. The minimum atomic E-state index is -0.393. The van der Waals surface area contributed by atoms with Gasteiger partial charge < -0.3 is 20.9 Å². The zero-order valence-electron chi connectivity index (χ0n) is 17.5. The van der Waals surface area contributed by atoms with Gasteiger partial charge in [-0.1, -0.05) is 12.1 Å². The summed E-state index contributed by atoms with van der Waals surface area (Å²) in [5.41, 5.74) is 2.39. The highest BCUT2D eigenvalue weighted by Gasteiger charge is 2.35. The Bertz CT molecular complexity index is 1140. The van der Waals surface area contributed by atoms with Gasteiger partial charge in [0.1, 0.15) is 5.82 Å². The average Bonchev–Trinajstić information content (AvgIpc) is 3.23. The monoisotopic (exact) mass is 436 g/mol. The van der Waals surface area contributed by atoms with Crippen LogP contribution in [0.5, 0.6) is 0 Å². The van der Waals surface area contributed by atoms with Crippen LogP contribution in [0.4, 0.5) is 14.9 Å². The first kappa shape index (κ1) is 20.4. The van der Waals surface area contributed by atoms with E-state index in [1.807, 2.05) is 0 Å². The van der Waals surface area contributed by atoms with Crippen LogP contribution in [0.1, 0.15) is 28.9 Å². The van der Waals surface area contributed by atoms with Gasteiger partial charge in [-0.15, -0.1) is 0 Å². The second-order valence-corrected chi connectivity index (χ2v) is 8.48. The van der Waals surface area contributed by atoms with Gasteiger partial charge in [0.15, 0.2) is 5.69 Å². The number of fused-ring (bicyclic) bond motifs is 4. The summed E-state index contributed by atoms with van der Waals surface area (Å²) in [6, 6.07) is 11.0. The molecule has 3 saturated heterocycles. The van der Waals surface area contributed by atoms with Gasteiger partial charge >= 0.3 is 6.03 Å². The van der Waals surface area contributed by atoms with E-state index in [9.17, 15) is 14.0 Å². The summed E-state index contributed by atoms with van der Waals surface area (Å²) in [5, 5.41) is 16.4. The summed E-state index contributed by atoms with van der Waals surface area (Å²) >= 11 is 0. The fraction of sp³-hybridized carbons (Fsp3) is 0.348. The Kier molecular flexibility index (Phi) is 5.48. The Morgan fingerprint density at radius 1 is 1.12 bits per heavy atom. The SMILES string of the molecule is O=C(NCc1ccc(F)cc1)Nc1ccc2[nH]nc(C(=O)N[C@@H]3CN4CCC3CC4)c2c1. The average molecular weight is 436 g/mol. The number of rotatable bonds is 5. The van der Waals surface area contributed by atoms with E-state index in [1.54, 1.807) is 30.3 Å². The maximum Gasteiger partial charge on any atom is 0.319 e. The molecule has 3 aliphatic rings. The quantitative estimate of drug-likeness (QED) is 0.494. The number of nitrogens with zero attached hydrogens (tertiary/aromatic N) is 2. The van der Waals surface area contributed by atoms with Gasteiger partial charge in [0.25, 0.3) is 5.91 Å². The number of aromatic amines is 1. The van der Waals surface area contributed by atoms with Crippen molar-refractivity contribution >= 4 is 28.5 Å². The normalized spacial score (nSPS) is 22.0. The lowest BCUT2D eigenvalue weighted by molar-refractivity contribution is 0.0618. The third-order valence-corrected chi connectivity index (χ3v) is 6.37. The van der Waals surface area contributed by atoms with Crippen molar-refractivity contribution in [1.82, 2.24) is 25.7 Å². The molecule has 0 spiro atoms. The summed E-state index contributed by atoms with van der Waals surface area (Å²) in [5.74, 6) is 0.00375. The molecular weight excluding hydrogens is 411 g/mol. The molecule has 6 rings (SSSR count). The molecule has 0 saturated carbocycles. The molecule has 166 valence electrons. The van der Waals surface area contributed by atoms with Crippen LogP contribution in [0.25, 0.3) is 10.9 Å². The molecule has 1 atom stereocenters.